The van der Waals surface area contributed by atoms with Crippen molar-refractivity contribution in [2.24, 2.45) is 0 Å². The normalized spacial score (nSPS) is 11.9. The summed E-state index contributed by atoms with van der Waals surface area (Å²) < 4.78 is 3.05. The molecule has 8 nitrogen and oxygen atoms in total. The van der Waals surface area contributed by atoms with Crippen LogP contribution >= 0.6 is 11.3 Å². The first-order chi connectivity index (χ1) is 15.9. The molecule has 1 atom stereocenters. The molecule has 0 aliphatic heterocycles. The van der Waals surface area contributed by atoms with Gasteiger partial charge in [0, 0.05) is 24.7 Å². The zero-order valence-electron chi connectivity index (χ0n) is 19.0. The molecule has 0 unspecified atom stereocenters. The quantitative estimate of drug-likeness (QED) is 0.420. The molecule has 0 saturated heterocycles. The van der Waals surface area contributed by atoms with Gasteiger partial charge in [0.2, 0.25) is 11.8 Å². The Morgan fingerprint density at radius 1 is 1.00 bits per heavy atom. The minimum Gasteiger partial charge on any atom is -0.352 e. The van der Waals surface area contributed by atoms with Gasteiger partial charge in [-0.2, -0.15) is 0 Å². The van der Waals surface area contributed by atoms with Gasteiger partial charge in [0.25, 0.3) is 5.56 Å². The van der Waals surface area contributed by atoms with Crippen molar-refractivity contribution in [2.75, 3.05) is 5.32 Å². The van der Waals surface area contributed by atoms with E-state index >= 15 is 0 Å². The maximum absolute atomic E-state index is 13.1. The Hall–Kier alpha value is -3.20. The van der Waals surface area contributed by atoms with Crippen LogP contribution < -0.4 is 21.9 Å². The molecule has 0 spiro atoms. The third-order valence-corrected chi connectivity index (χ3v) is 6.39. The van der Waals surface area contributed by atoms with Gasteiger partial charge in [-0.25, -0.2) is 4.79 Å². The van der Waals surface area contributed by atoms with Crippen LogP contribution in [0.15, 0.2) is 51.4 Å². The smallest absolute Gasteiger partial charge is 0.332 e. The van der Waals surface area contributed by atoms with Gasteiger partial charge < -0.3 is 10.6 Å². The van der Waals surface area contributed by atoms with Crippen molar-refractivity contribution >= 4 is 39.1 Å². The molecule has 0 aliphatic carbocycles. The monoisotopic (exact) mass is 470 g/mol. The third kappa shape index (κ3) is 6.41. The minimum atomic E-state index is -0.480. The lowest BCUT2D eigenvalue weighted by Crippen LogP contribution is -2.43. The Morgan fingerprint density at radius 3 is 2.48 bits per heavy atom. The number of hydrogen-bond acceptors (Lipinski definition) is 5. The summed E-state index contributed by atoms with van der Waals surface area (Å²) >= 11 is 1.27. The molecule has 2 amide bonds. The molecule has 2 N–H and O–H groups in total. The van der Waals surface area contributed by atoms with Gasteiger partial charge in [0.1, 0.15) is 11.2 Å². The van der Waals surface area contributed by atoms with Crippen LogP contribution in [0.5, 0.6) is 0 Å². The van der Waals surface area contributed by atoms with E-state index in [2.05, 4.69) is 10.6 Å². The fourth-order valence-corrected chi connectivity index (χ4v) is 4.37. The van der Waals surface area contributed by atoms with E-state index in [1.54, 1.807) is 11.4 Å². The van der Waals surface area contributed by atoms with Gasteiger partial charge in [-0.15, -0.1) is 11.3 Å². The first-order valence-electron chi connectivity index (χ1n) is 11.3. The number of anilines is 1. The third-order valence-electron chi connectivity index (χ3n) is 5.50. The molecule has 33 heavy (non-hydrogen) atoms. The standard InChI is InChI=1S/C24H30N4O4S/c1-3-17(2)25-21(30)16-28-19-13-15-33-22(19)23(31)27(24(28)32)14-9-5-8-12-20(29)26-18-10-6-4-7-11-18/h4,6-7,10-11,13,15,17H,3,5,8-9,12,14,16H2,1-2H3,(H,25,30)(H,26,29)/t17-/m0/s1. The van der Waals surface area contributed by atoms with Crippen LogP contribution in [-0.2, 0) is 22.7 Å². The molecule has 1 aromatic carbocycles. The Balaban J connectivity index is 1.62. The first-order valence-corrected chi connectivity index (χ1v) is 12.1. The highest BCUT2D eigenvalue weighted by atomic mass is 32.1. The highest BCUT2D eigenvalue weighted by Crippen LogP contribution is 2.15. The lowest BCUT2D eigenvalue weighted by Gasteiger charge is -2.14. The van der Waals surface area contributed by atoms with Crippen molar-refractivity contribution in [3.05, 3.63) is 62.6 Å². The van der Waals surface area contributed by atoms with Gasteiger partial charge >= 0.3 is 5.69 Å². The van der Waals surface area contributed by atoms with Crippen LogP contribution in [0.3, 0.4) is 0 Å². The molecule has 0 aliphatic rings. The van der Waals surface area contributed by atoms with E-state index in [0.717, 1.165) is 12.1 Å². The van der Waals surface area contributed by atoms with Crippen LogP contribution in [0.25, 0.3) is 10.2 Å². The predicted octanol–water partition coefficient (Wildman–Crippen LogP) is 3.34. The molecule has 2 aromatic heterocycles. The summed E-state index contributed by atoms with van der Waals surface area (Å²) in [6, 6.07) is 11.0. The Kier molecular flexibility index (Phi) is 8.59. The minimum absolute atomic E-state index is 0.0103. The van der Waals surface area contributed by atoms with Crippen molar-refractivity contribution in [1.29, 1.82) is 0 Å². The summed E-state index contributed by atoms with van der Waals surface area (Å²) in [6.07, 6.45) is 3.10. The Morgan fingerprint density at radius 2 is 1.76 bits per heavy atom. The average molecular weight is 471 g/mol. The summed E-state index contributed by atoms with van der Waals surface area (Å²) in [7, 11) is 0. The highest BCUT2D eigenvalue weighted by molar-refractivity contribution is 7.17. The van der Waals surface area contributed by atoms with Crippen LogP contribution in [0.2, 0.25) is 0 Å². The van der Waals surface area contributed by atoms with Gasteiger partial charge in [-0.1, -0.05) is 31.5 Å². The van der Waals surface area contributed by atoms with E-state index in [1.807, 2.05) is 44.2 Å². The van der Waals surface area contributed by atoms with E-state index in [-0.39, 0.29) is 36.5 Å². The molecule has 9 heteroatoms. The van der Waals surface area contributed by atoms with Gasteiger partial charge in [0.05, 0.1) is 5.52 Å². The number of fused-ring (bicyclic) bond motifs is 1. The van der Waals surface area contributed by atoms with Gasteiger partial charge in [-0.05, 0) is 49.8 Å². The number of nitrogens with zero attached hydrogens (tertiary/aromatic N) is 2. The largest absolute Gasteiger partial charge is 0.352 e. The van der Waals surface area contributed by atoms with Crippen LogP contribution in [-0.4, -0.2) is 27.0 Å². The Labute approximate surface area is 196 Å². The van der Waals surface area contributed by atoms with Crippen molar-refractivity contribution in [2.45, 2.75) is 65.1 Å². The molecule has 3 rings (SSSR count). The summed E-state index contributed by atoms with van der Waals surface area (Å²) in [5.74, 6) is -0.318. The predicted molar refractivity (Wildman–Crippen MR) is 132 cm³/mol. The second-order valence-electron chi connectivity index (χ2n) is 8.06. The van der Waals surface area contributed by atoms with Gasteiger partial charge in [0.15, 0.2) is 0 Å². The summed E-state index contributed by atoms with van der Waals surface area (Å²) in [5.41, 5.74) is 0.441. The number of aromatic nitrogens is 2. The SMILES string of the molecule is CC[C@H](C)NC(=O)Cn1c(=O)n(CCCCCC(=O)Nc2ccccc2)c(=O)c2sccc21. The number of carbonyl (C=O) groups is 2. The molecular formula is C24H30N4O4S. The molecular weight excluding hydrogens is 440 g/mol. The van der Waals surface area contributed by atoms with Crippen LogP contribution in [0.4, 0.5) is 5.69 Å². The number of para-hydroxylation sites is 1. The summed E-state index contributed by atoms with van der Waals surface area (Å²) in [6.45, 7) is 4.00. The fourth-order valence-electron chi connectivity index (χ4n) is 3.53. The van der Waals surface area contributed by atoms with E-state index in [4.69, 9.17) is 0 Å². The first kappa shape index (κ1) is 24.4. The van der Waals surface area contributed by atoms with Crippen molar-refractivity contribution in [1.82, 2.24) is 14.5 Å². The second kappa shape index (κ2) is 11.6. The molecule has 0 fully saturated rings. The topological polar surface area (TPSA) is 102 Å². The lowest BCUT2D eigenvalue weighted by atomic mass is 10.2. The van der Waals surface area contributed by atoms with E-state index < -0.39 is 5.69 Å². The van der Waals surface area contributed by atoms with Crippen LogP contribution in [0.1, 0.15) is 46.0 Å². The summed E-state index contributed by atoms with van der Waals surface area (Å²) in [5, 5.41) is 7.46. The number of unbranched alkanes of at least 4 members (excludes halogenated alkanes) is 2. The molecule has 0 radical (unpaired) electrons. The number of benzene rings is 1. The average Bonchev–Trinajstić information content (AvgIpc) is 3.29. The van der Waals surface area contributed by atoms with Crippen molar-refractivity contribution < 1.29 is 9.59 Å². The number of hydrogen-bond donors (Lipinski definition) is 2. The molecule has 2 heterocycles. The zero-order valence-corrected chi connectivity index (χ0v) is 19.8. The maximum Gasteiger partial charge on any atom is 0.332 e. The van der Waals surface area contributed by atoms with Crippen LogP contribution in [0, 0.1) is 0 Å². The summed E-state index contributed by atoms with van der Waals surface area (Å²) in [4.78, 5) is 50.4. The number of amides is 2. The number of nitrogens with one attached hydrogen (secondary N) is 2. The van der Waals surface area contributed by atoms with E-state index in [1.165, 1.54) is 20.5 Å². The molecule has 3 aromatic rings. The second-order valence-corrected chi connectivity index (χ2v) is 8.98. The maximum atomic E-state index is 13.1. The molecule has 176 valence electrons. The highest BCUT2D eigenvalue weighted by Gasteiger charge is 2.17. The van der Waals surface area contributed by atoms with E-state index in [0.29, 0.717) is 35.9 Å². The zero-order chi connectivity index (χ0) is 23.8. The molecule has 0 saturated carbocycles. The fraction of sp³-hybridized carbons (Fsp3) is 0.417. The molecule has 0 bridgehead atoms. The van der Waals surface area contributed by atoms with Crippen molar-refractivity contribution in [3.63, 3.8) is 0 Å². The van der Waals surface area contributed by atoms with Gasteiger partial charge in [-0.3, -0.25) is 23.5 Å². The Bertz CT molecular complexity index is 1210. The number of rotatable bonds is 11. The van der Waals surface area contributed by atoms with E-state index in [9.17, 15) is 19.2 Å². The van der Waals surface area contributed by atoms with Crippen molar-refractivity contribution in [3.8, 4) is 0 Å². The number of carbonyl (C=O) groups excluding carboxylic acids is 2. The lowest BCUT2D eigenvalue weighted by molar-refractivity contribution is -0.122. The number of thiophene rings is 1.